The zero-order chi connectivity index (χ0) is 14.7. The minimum absolute atomic E-state index is 0.0528. The second-order valence-electron chi connectivity index (χ2n) is 4.87. The highest BCUT2D eigenvalue weighted by Gasteiger charge is 2.24. The van der Waals surface area contributed by atoms with Crippen LogP contribution in [0.2, 0.25) is 0 Å². The number of halogens is 2. The number of nitrogens with zero attached hydrogens (tertiary/aromatic N) is 2. The third kappa shape index (κ3) is 2.88. The summed E-state index contributed by atoms with van der Waals surface area (Å²) in [5.74, 6) is -1.08. The molecule has 0 amide bonds. The van der Waals surface area contributed by atoms with Gasteiger partial charge in [0.25, 0.3) is 0 Å². The number of hydrogen-bond acceptors (Lipinski definition) is 2. The van der Waals surface area contributed by atoms with E-state index < -0.39 is 17.7 Å². The van der Waals surface area contributed by atoms with Gasteiger partial charge in [-0.05, 0) is 32.0 Å². The minimum Gasteiger partial charge on any atom is -0.306 e. The molecular formula is C15H19F2N3. The molecule has 0 spiro atoms. The molecule has 2 aromatic rings. The van der Waals surface area contributed by atoms with Gasteiger partial charge in [-0.15, -0.1) is 0 Å². The maximum atomic E-state index is 14.0. The van der Waals surface area contributed by atoms with Crippen LogP contribution in [0, 0.1) is 18.6 Å². The maximum absolute atomic E-state index is 14.0. The van der Waals surface area contributed by atoms with Crippen molar-refractivity contribution in [3.63, 3.8) is 0 Å². The van der Waals surface area contributed by atoms with Gasteiger partial charge in [0.15, 0.2) is 0 Å². The molecule has 0 radical (unpaired) electrons. The van der Waals surface area contributed by atoms with Crippen molar-refractivity contribution in [2.45, 2.75) is 26.3 Å². The zero-order valence-corrected chi connectivity index (χ0v) is 12.0. The van der Waals surface area contributed by atoms with Gasteiger partial charge >= 0.3 is 0 Å². The fourth-order valence-corrected chi connectivity index (χ4v) is 2.34. The first-order chi connectivity index (χ1) is 9.54. The molecule has 108 valence electrons. The van der Waals surface area contributed by atoms with Crippen LogP contribution in [-0.2, 0) is 7.05 Å². The van der Waals surface area contributed by atoms with Crippen LogP contribution < -0.4 is 5.32 Å². The molecule has 0 aliphatic rings. The molecule has 0 aliphatic heterocycles. The van der Waals surface area contributed by atoms with Gasteiger partial charge < -0.3 is 5.32 Å². The highest BCUT2D eigenvalue weighted by molar-refractivity contribution is 5.34. The van der Waals surface area contributed by atoms with E-state index in [0.29, 0.717) is 6.54 Å². The Bertz CT molecular complexity index is 573. The third-order valence-electron chi connectivity index (χ3n) is 3.25. The highest BCUT2D eigenvalue weighted by atomic mass is 19.1. The van der Waals surface area contributed by atoms with E-state index in [9.17, 15) is 8.78 Å². The maximum Gasteiger partial charge on any atom is 0.131 e. The molecular weight excluding hydrogens is 260 g/mol. The van der Waals surface area contributed by atoms with Crippen molar-refractivity contribution < 1.29 is 8.78 Å². The molecule has 0 fully saturated rings. The number of aryl methyl sites for hydroxylation is 2. The number of benzene rings is 1. The van der Waals surface area contributed by atoms with E-state index in [1.54, 1.807) is 17.9 Å². The first-order valence-corrected chi connectivity index (χ1v) is 6.72. The monoisotopic (exact) mass is 279 g/mol. The molecule has 20 heavy (non-hydrogen) atoms. The molecule has 1 atom stereocenters. The SMILES string of the molecule is CCCNC(c1cn(C)nc1C)c1c(F)cccc1F. The molecule has 2 rings (SSSR count). The van der Waals surface area contributed by atoms with Crippen LogP contribution in [0.5, 0.6) is 0 Å². The minimum atomic E-state index is -0.540. The summed E-state index contributed by atoms with van der Waals surface area (Å²) < 4.78 is 29.7. The molecule has 1 N–H and O–H groups in total. The van der Waals surface area contributed by atoms with Crippen LogP contribution in [0.4, 0.5) is 8.78 Å². The highest BCUT2D eigenvalue weighted by Crippen LogP contribution is 2.28. The molecule has 0 saturated carbocycles. The fourth-order valence-electron chi connectivity index (χ4n) is 2.34. The summed E-state index contributed by atoms with van der Waals surface area (Å²) in [4.78, 5) is 0. The number of hydrogen-bond donors (Lipinski definition) is 1. The van der Waals surface area contributed by atoms with E-state index in [4.69, 9.17) is 0 Å². The average molecular weight is 279 g/mol. The van der Waals surface area contributed by atoms with Crippen molar-refractivity contribution in [3.05, 3.63) is 52.9 Å². The Balaban J connectivity index is 2.50. The van der Waals surface area contributed by atoms with Gasteiger partial charge in [0.2, 0.25) is 0 Å². The lowest BCUT2D eigenvalue weighted by molar-refractivity contribution is 0.502. The summed E-state index contributed by atoms with van der Waals surface area (Å²) >= 11 is 0. The molecule has 5 heteroatoms. The summed E-state index contributed by atoms with van der Waals surface area (Å²) in [5, 5.41) is 7.46. The van der Waals surface area contributed by atoms with Gasteiger partial charge in [0.1, 0.15) is 11.6 Å². The lowest BCUT2D eigenvalue weighted by Gasteiger charge is -2.19. The topological polar surface area (TPSA) is 29.9 Å². The summed E-state index contributed by atoms with van der Waals surface area (Å²) in [6.07, 6.45) is 2.68. The smallest absolute Gasteiger partial charge is 0.131 e. The van der Waals surface area contributed by atoms with Gasteiger partial charge in [0.05, 0.1) is 11.7 Å². The fraction of sp³-hybridized carbons (Fsp3) is 0.400. The van der Waals surface area contributed by atoms with Crippen molar-refractivity contribution >= 4 is 0 Å². The summed E-state index contributed by atoms with van der Waals surface area (Å²) in [6.45, 7) is 4.53. The number of nitrogens with one attached hydrogen (secondary N) is 1. The first-order valence-electron chi connectivity index (χ1n) is 6.72. The molecule has 0 bridgehead atoms. The van der Waals surface area contributed by atoms with Crippen LogP contribution in [-0.4, -0.2) is 16.3 Å². The van der Waals surface area contributed by atoms with E-state index >= 15 is 0 Å². The molecule has 1 aromatic carbocycles. The van der Waals surface area contributed by atoms with E-state index in [1.165, 1.54) is 18.2 Å². The number of aromatic nitrogens is 2. The molecule has 0 aliphatic carbocycles. The van der Waals surface area contributed by atoms with Crippen LogP contribution in [0.3, 0.4) is 0 Å². The Labute approximate surface area is 117 Å². The Hall–Kier alpha value is -1.75. The lowest BCUT2D eigenvalue weighted by atomic mass is 9.98. The number of rotatable bonds is 5. The predicted molar refractivity (Wildman–Crippen MR) is 74.4 cm³/mol. The first kappa shape index (κ1) is 14.7. The molecule has 1 aromatic heterocycles. The van der Waals surface area contributed by atoms with Crippen molar-refractivity contribution in [1.82, 2.24) is 15.1 Å². The second-order valence-corrected chi connectivity index (χ2v) is 4.87. The quantitative estimate of drug-likeness (QED) is 0.911. The van der Waals surface area contributed by atoms with E-state index in [-0.39, 0.29) is 5.56 Å². The largest absolute Gasteiger partial charge is 0.306 e. The summed E-state index contributed by atoms with van der Waals surface area (Å²) in [6, 6.07) is 3.42. The Kier molecular flexibility index (Phi) is 4.49. The van der Waals surface area contributed by atoms with E-state index in [1.807, 2.05) is 13.8 Å². The van der Waals surface area contributed by atoms with Gasteiger partial charge in [-0.3, -0.25) is 4.68 Å². The molecule has 1 unspecified atom stereocenters. The van der Waals surface area contributed by atoms with Gasteiger partial charge in [0, 0.05) is 24.4 Å². The van der Waals surface area contributed by atoms with E-state index in [2.05, 4.69) is 10.4 Å². The van der Waals surface area contributed by atoms with Crippen molar-refractivity contribution in [2.24, 2.45) is 7.05 Å². The van der Waals surface area contributed by atoms with Crippen molar-refractivity contribution in [1.29, 1.82) is 0 Å². The van der Waals surface area contributed by atoms with Gasteiger partial charge in [-0.2, -0.15) is 5.10 Å². The third-order valence-corrected chi connectivity index (χ3v) is 3.25. The normalized spacial score (nSPS) is 12.7. The molecule has 3 nitrogen and oxygen atoms in total. The van der Waals surface area contributed by atoms with Crippen LogP contribution in [0.25, 0.3) is 0 Å². The summed E-state index contributed by atoms with van der Waals surface area (Å²) in [7, 11) is 1.80. The van der Waals surface area contributed by atoms with Gasteiger partial charge in [-0.1, -0.05) is 13.0 Å². The van der Waals surface area contributed by atoms with Crippen molar-refractivity contribution in [2.75, 3.05) is 6.54 Å². The lowest BCUT2D eigenvalue weighted by Crippen LogP contribution is -2.25. The standard InChI is InChI=1S/C15H19F2N3/c1-4-8-18-15(11-9-20(3)19-10(11)2)14-12(16)6-5-7-13(14)17/h5-7,9,15,18H,4,8H2,1-3H3. The molecule has 1 heterocycles. The Morgan fingerprint density at radius 1 is 1.30 bits per heavy atom. The Morgan fingerprint density at radius 2 is 1.95 bits per heavy atom. The van der Waals surface area contributed by atoms with Crippen LogP contribution in [0.15, 0.2) is 24.4 Å². The van der Waals surface area contributed by atoms with Crippen LogP contribution >= 0.6 is 0 Å². The van der Waals surface area contributed by atoms with Crippen molar-refractivity contribution in [3.8, 4) is 0 Å². The zero-order valence-electron chi connectivity index (χ0n) is 12.0. The second kappa shape index (κ2) is 6.13. The summed E-state index contributed by atoms with van der Waals surface area (Å²) in [5.41, 5.74) is 1.62. The molecule has 0 saturated heterocycles. The van der Waals surface area contributed by atoms with E-state index in [0.717, 1.165) is 17.7 Å². The predicted octanol–water partition coefficient (Wildman–Crippen LogP) is 3.10. The van der Waals surface area contributed by atoms with Crippen LogP contribution in [0.1, 0.15) is 36.2 Å². The van der Waals surface area contributed by atoms with Gasteiger partial charge in [-0.25, -0.2) is 8.78 Å². The average Bonchev–Trinajstić information content (AvgIpc) is 2.72. The Morgan fingerprint density at radius 3 is 2.45 bits per heavy atom.